The number of rotatable bonds is 14. The van der Waals surface area contributed by atoms with E-state index < -0.39 is 0 Å². The van der Waals surface area contributed by atoms with Crippen LogP contribution in [0.4, 0.5) is 11.4 Å². The summed E-state index contributed by atoms with van der Waals surface area (Å²) in [5.41, 5.74) is 19.2. The summed E-state index contributed by atoms with van der Waals surface area (Å²) in [7, 11) is 2.19. The van der Waals surface area contributed by atoms with Crippen LogP contribution in [0.25, 0.3) is 32.6 Å². The van der Waals surface area contributed by atoms with E-state index in [1.165, 1.54) is 131 Å². The lowest BCUT2D eigenvalue weighted by Gasteiger charge is -2.31. The van der Waals surface area contributed by atoms with E-state index >= 15 is 0 Å². The van der Waals surface area contributed by atoms with E-state index in [2.05, 4.69) is 237 Å². The molecule has 4 heterocycles. The Kier molecular flexibility index (Phi) is 22.7. The maximum Gasteiger partial charge on any atom is 0.263 e. The first-order chi connectivity index (χ1) is 41.1. The molecule has 1 unspecified atom stereocenters. The van der Waals surface area contributed by atoms with E-state index in [-0.39, 0.29) is 29.4 Å². The Labute approximate surface area is 549 Å². The first-order valence-corrected chi connectivity index (χ1v) is 34.0. The van der Waals surface area contributed by atoms with Crippen molar-refractivity contribution < 1.29 is 47.7 Å². The molecule has 0 radical (unpaired) electrons. The fourth-order valence-electron chi connectivity index (χ4n) is 11.9. The van der Waals surface area contributed by atoms with Crippen molar-refractivity contribution in [2.75, 3.05) is 22.9 Å². The number of aryl methyl sites for hydroxylation is 7. The summed E-state index contributed by atoms with van der Waals surface area (Å²) in [6.45, 7) is 25.4. The maximum atomic E-state index is 9.43. The normalized spacial score (nSPS) is 18.0. The van der Waals surface area contributed by atoms with Crippen molar-refractivity contribution in [3.05, 3.63) is 227 Å². The van der Waals surface area contributed by atoms with E-state index in [4.69, 9.17) is 0 Å². The SMILES string of the molecule is CCCCC[n+]1c(C=C2C=C(C=C3Sc4cc(C)ccc4N3CC)CC(C)(C)C2)sc2cc(C)ccc21.CCN1C(=CC2=CC(=Cc3sc4cc(C)ccc4[n+]3C)CC(c3ccccc3)C2)Sc2cc(C)ccc21.Cc1ccc(SOO[O-])cc1.[I-]. The number of fused-ring (bicyclic) bond motifs is 4. The Morgan fingerprint density at radius 3 is 1.77 bits per heavy atom. The minimum atomic E-state index is 0. The van der Waals surface area contributed by atoms with Crippen LogP contribution in [-0.2, 0) is 23.0 Å². The van der Waals surface area contributed by atoms with Crippen molar-refractivity contribution in [3.8, 4) is 0 Å². The zero-order chi connectivity index (χ0) is 59.8. The van der Waals surface area contributed by atoms with Gasteiger partial charge in [0.25, 0.3) is 10.0 Å². The summed E-state index contributed by atoms with van der Waals surface area (Å²) in [6.07, 6.45) is 22.9. The summed E-state index contributed by atoms with van der Waals surface area (Å²) >= 11 is 8.57. The molecule has 1 atom stereocenters. The summed E-state index contributed by atoms with van der Waals surface area (Å²) in [5, 5.41) is 18.0. The van der Waals surface area contributed by atoms with E-state index in [0.29, 0.717) is 5.92 Å². The van der Waals surface area contributed by atoms with Crippen LogP contribution < -0.4 is 48.2 Å². The minimum absolute atomic E-state index is 0. The molecule has 2 aromatic heterocycles. The molecule has 0 bridgehead atoms. The number of nitrogens with zero attached hydrogens (tertiary/aromatic N) is 4. The van der Waals surface area contributed by atoms with Gasteiger partial charge >= 0.3 is 0 Å². The van der Waals surface area contributed by atoms with Crippen LogP contribution >= 0.6 is 58.2 Å². The van der Waals surface area contributed by atoms with Gasteiger partial charge in [0.2, 0.25) is 11.0 Å². The van der Waals surface area contributed by atoms with Crippen molar-refractivity contribution in [1.29, 1.82) is 0 Å². The van der Waals surface area contributed by atoms with Gasteiger partial charge in [-0.05, 0) is 203 Å². The first-order valence-electron chi connectivity index (χ1n) is 30.0. The Hall–Kier alpha value is -5.20. The van der Waals surface area contributed by atoms with E-state index in [1.807, 2.05) is 77.4 Å². The van der Waals surface area contributed by atoms with Gasteiger partial charge in [0, 0.05) is 58.5 Å². The number of benzene rings is 6. The summed E-state index contributed by atoms with van der Waals surface area (Å²) in [6, 6.07) is 46.0. The van der Waals surface area contributed by atoms with Crippen LogP contribution in [0.3, 0.4) is 0 Å². The third-order valence-corrected chi connectivity index (χ3v) is 21.1. The first kappa shape index (κ1) is 65.3. The van der Waals surface area contributed by atoms with Gasteiger partial charge in [0.15, 0.2) is 6.54 Å². The Morgan fingerprint density at radius 1 is 0.605 bits per heavy atom. The molecule has 0 N–H and O–H groups in total. The Morgan fingerprint density at radius 2 is 1.15 bits per heavy atom. The molecule has 13 heteroatoms. The van der Waals surface area contributed by atoms with Crippen LogP contribution in [0.2, 0.25) is 0 Å². The number of aromatic nitrogens is 2. The molecule has 7 nitrogen and oxygen atoms in total. The van der Waals surface area contributed by atoms with Crippen LogP contribution in [0, 0.1) is 40.0 Å². The number of allylic oxidation sites excluding steroid dienone is 8. The molecule has 6 aromatic carbocycles. The molecule has 448 valence electrons. The monoisotopic (exact) mass is 1350 g/mol. The molecular formula is C73H81IN4O3S5. The Bertz CT molecular complexity index is 3890. The van der Waals surface area contributed by atoms with Gasteiger partial charge in [-0.25, -0.2) is 0 Å². The summed E-state index contributed by atoms with van der Waals surface area (Å²) in [4.78, 5) is 8.53. The molecular weight excluding hydrogens is 1270 g/mol. The molecule has 0 spiro atoms. The molecule has 8 aromatic rings. The number of halogens is 1. The van der Waals surface area contributed by atoms with Gasteiger partial charge in [-0.2, -0.15) is 13.5 Å². The average Bonchev–Trinajstić information content (AvgIpc) is 2.12. The highest BCUT2D eigenvalue weighted by molar-refractivity contribution is 8.04. The van der Waals surface area contributed by atoms with Crippen molar-refractivity contribution >= 4 is 102 Å². The minimum Gasteiger partial charge on any atom is -1.00 e. The summed E-state index contributed by atoms with van der Waals surface area (Å²) in [5.74, 6) is 0.484. The lowest BCUT2D eigenvalue weighted by Crippen LogP contribution is -3.00. The zero-order valence-electron chi connectivity index (χ0n) is 51.7. The largest absolute Gasteiger partial charge is 1.00 e. The predicted molar refractivity (Wildman–Crippen MR) is 363 cm³/mol. The molecule has 4 aliphatic rings. The van der Waals surface area contributed by atoms with Crippen molar-refractivity contribution in [2.24, 2.45) is 12.5 Å². The van der Waals surface area contributed by atoms with Crippen LogP contribution in [0.5, 0.6) is 0 Å². The van der Waals surface area contributed by atoms with Gasteiger partial charge in [0.1, 0.15) is 16.4 Å². The van der Waals surface area contributed by atoms with Crippen LogP contribution in [0.15, 0.2) is 199 Å². The van der Waals surface area contributed by atoms with Gasteiger partial charge in [0.05, 0.1) is 33.5 Å². The molecule has 2 aliphatic heterocycles. The van der Waals surface area contributed by atoms with Crippen LogP contribution in [-0.4, -0.2) is 13.1 Å². The number of unbranched alkanes of at least 4 members (excludes halogenated alkanes) is 2. The average molecular weight is 1350 g/mol. The van der Waals surface area contributed by atoms with Crippen molar-refractivity contribution in [1.82, 2.24) is 0 Å². The third-order valence-electron chi connectivity index (χ3n) is 16.1. The number of hydrogen-bond donors (Lipinski definition) is 0. The topological polar surface area (TPSA) is 55.8 Å². The van der Waals surface area contributed by atoms with Crippen molar-refractivity contribution in [2.45, 2.75) is 141 Å². The second-order valence-corrected chi connectivity index (χ2v) is 28.8. The van der Waals surface area contributed by atoms with Crippen molar-refractivity contribution in [3.63, 3.8) is 0 Å². The number of hydrogen-bond acceptors (Lipinski definition) is 10. The number of thioether (sulfide) groups is 2. The predicted octanol–water partition coefficient (Wildman–Crippen LogP) is 16.5. The second kappa shape index (κ2) is 29.9. The molecule has 86 heavy (non-hydrogen) atoms. The van der Waals surface area contributed by atoms with E-state index in [1.54, 1.807) is 0 Å². The highest BCUT2D eigenvalue weighted by Crippen LogP contribution is 2.50. The number of thiazole rings is 2. The molecule has 0 amide bonds. The fraction of sp³-hybridized carbons (Fsp3) is 0.315. The smallest absolute Gasteiger partial charge is 0.263 e. The third kappa shape index (κ3) is 16.2. The maximum absolute atomic E-state index is 9.43. The lowest BCUT2D eigenvalue weighted by atomic mass is 9.75. The highest BCUT2D eigenvalue weighted by atomic mass is 127. The van der Waals surface area contributed by atoms with Gasteiger partial charge in [-0.15, -0.1) is 0 Å². The number of anilines is 2. The molecule has 2 aliphatic carbocycles. The molecule has 0 saturated carbocycles. The highest BCUT2D eigenvalue weighted by Gasteiger charge is 2.31. The molecule has 0 saturated heterocycles. The lowest BCUT2D eigenvalue weighted by molar-refractivity contribution is -0.777. The zero-order valence-corrected chi connectivity index (χ0v) is 57.9. The molecule has 12 rings (SSSR count). The standard InChI is InChI=1S/C33H33N2S2.C33H41N2S2.C7H8O3S.HI/c1-5-35-29-14-12-23(3)16-31(29)37-33(35)21-25-17-24(18-27(19-25)26-9-7-6-8-10-26)20-32-34(4)28-13-11-22(2)15-30(28)36-32;1-7-9-10-15-35-28-14-12-24(4)17-30(28)37-32(35)20-26-18-25(21-33(5,6)22-26)19-31-34(8-2)27-13-11-23(3)16-29(27)36-31;1-6-2-4-7(5-3-6)11-10-9-8;/h6-17,20-21,27H,5,18-19H2,1-4H3;11-14,16-20H,7-10,15,21-22H2,1-6H3;2-5,8H,1H3;1H/q2*+1;;/p-2. The Balaban J connectivity index is 0.000000173. The van der Waals surface area contributed by atoms with Gasteiger partial charge in [-0.1, -0.05) is 158 Å². The van der Waals surface area contributed by atoms with Gasteiger partial charge in [-0.3, -0.25) is 5.04 Å². The fourth-order valence-corrected chi connectivity index (χ4v) is 17.3. The van der Waals surface area contributed by atoms with Crippen LogP contribution in [0.1, 0.15) is 129 Å². The van der Waals surface area contributed by atoms with E-state index in [0.717, 1.165) is 67.8 Å². The van der Waals surface area contributed by atoms with E-state index in [9.17, 15) is 5.26 Å². The second-order valence-electron chi connectivity index (χ2n) is 23.8. The quantitative estimate of drug-likeness (QED) is 0.0267. The summed E-state index contributed by atoms with van der Waals surface area (Å²) < 4.78 is 11.8. The van der Waals surface area contributed by atoms with Gasteiger partial charge < -0.3 is 39.0 Å². The molecule has 0 fully saturated rings.